The number of pyridine rings is 1. The normalized spacial score (nSPS) is 14.3. The fourth-order valence-corrected chi connectivity index (χ4v) is 2.98. The third-order valence-electron chi connectivity index (χ3n) is 4.12. The van der Waals surface area contributed by atoms with Crippen LogP contribution in [0.3, 0.4) is 0 Å². The maximum absolute atomic E-state index is 12.2. The van der Waals surface area contributed by atoms with Crippen molar-refractivity contribution in [1.82, 2.24) is 20.1 Å². The highest BCUT2D eigenvalue weighted by molar-refractivity contribution is 6.04. The highest BCUT2D eigenvalue weighted by Gasteiger charge is 2.27. The Balaban J connectivity index is 2.01. The highest BCUT2D eigenvalue weighted by atomic mass is 16.2. The molecule has 132 valence electrons. The number of hydrogen-bond acceptors (Lipinski definition) is 5. The van der Waals surface area contributed by atoms with E-state index in [0.29, 0.717) is 36.0 Å². The molecule has 25 heavy (non-hydrogen) atoms. The van der Waals surface area contributed by atoms with Gasteiger partial charge in [0.05, 0.1) is 17.5 Å². The Morgan fingerprint density at radius 2 is 2.24 bits per heavy atom. The summed E-state index contributed by atoms with van der Waals surface area (Å²) in [6, 6.07) is 1.28. The van der Waals surface area contributed by atoms with Gasteiger partial charge in [0.2, 0.25) is 5.91 Å². The summed E-state index contributed by atoms with van der Waals surface area (Å²) in [6.07, 6.45) is 4.07. The maximum Gasteiger partial charge on any atom is 0.254 e. The second-order valence-electron chi connectivity index (χ2n) is 6.70. The molecule has 3 heterocycles. The van der Waals surface area contributed by atoms with E-state index < -0.39 is 11.9 Å². The summed E-state index contributed by atoms with van der Waals surface area (Å²) < 4.78 is 1.65. The average molecular weight is 342 g/mol. The topological polar surface area (TPSA) is 115 Å². The van der Waals surface area contributed by atoms with Gasteiger partial charge >= 0.3 is 0 Å². The van der Waals surface area contributed by atoms with Crippen molar-refractivity contribution >= 4 is 17.6 Å². The zero-order valence-electron chi connectivity index (χ0n) is 14.5. The molecule has 4 N–H and O–H groups in total. The number of nitrogens with zero attached hydrogens (tertiary/aromatic N) is 3. The molecule has 8 nitrogen and oxygen atoms in total. The predicted molar refractivity (Wildman–Crippen MR) is 93.7 cm³/mol. The van der Waals surface area contributed by atoms with Crippen molar-refractivity contribution < 1.29 is 9.59 Å². The van der Waals surface area contributed by atoms with Gasteiger partial charge in [-0.05, 0) is 24.0 Å². The first kappa shape index (κ1) is 16.9. The Hall–Kier alpha value is -2.90. The lowest BCUT2D eigenvalue weighted by Crippen LogP contribution is -2.36. The smallest absolute Gasteiger partial charge is 0.254 e. The minimum Gasteiger partial charge on any atom is -0.368 e. The quantitative estimate of drug-likeness (QED) is 0.725. The summed E-state index contributed by atoms with van der Waals surface area (Å²) >= 11 is 0. The van der Waals surface area contributed by atoms with Crippen LogP contribution in [0.1, 0.15) is 36.2 Å². The van der Waals surface area contributed by atoms with Crippen LogP contribution >= 0.6 is 0 Å². The summed E-state index contributed by atoms with van der Waals surface area (Å²) in [5.41, 5.74) is 8.21. The molecule has 1 aliphatic rings. The van der Waals surface area contributed by atoms with Gasteiger partial charge in [-0.1, -0.05) is 13.8 Å². The molecule has 8 heteroatoms. The molecule has 0 aromatic carbocycles. The van der Waals surface area contributed by atoms with Crippen molar-refractivity contribution in [1.29, 1.82) is 0 Å². The molecule has 2 aromatic rings. The Morgan fingerprint density at radius 1 is 1.48 bits per heavy atom. The van der Waals surface area contributed by atoms with E-state index in [1.165, 1.54) is 0 Å². The molecule has 0 saturated carbocycles. The first-order valence-corrected chi connectivity index (χ1v) is 8.22. The average Bonchev–Trinajstić information content (AvgIpc) is 3.12. The molecule has 0 radical (unpaired) electrons. The Bertz CT molecular complexity index is 827. The van der Waals surface area contributed by atoms with Crippen molar-refractivity contribution in [3.63, 3.8) is 0 Å². The first-order valence-electron chi connectivity index (χ1n) is 8.22. The summed E-state index contributed by atoms with van der Waals surface area (Å²) in [4.78, 5) is 28.5. The van der Waals surface area contributed by atoms with Crippen molar-refractivity contribution in [2.75, 3.05) is 5.32 Å². The number of anilines is 1. The summed E-state index contributed by atoms with van der Waals surface area (Å²) in [5.74, 6) is 0.258. The number of hydrogen-bond donors (Lipinski definition) is 3. The van der Waals surface area contributed by atoms with E-state index in [1.807, 2.05) is 13.8 Å². The van der Waals surface area contributed by atoms with Gasteiger partial charge in [0.25, 0.3) is 5.91 Å². The van der Waals surface area contributed by atoms with Gasteiger partial charge in [0.1, 0.15) is 11.9 Å². The molecule has 2 aromatic heterocycles. The molecular formula is C17H22N6O2. The molecule has 1 aliphatic heterocycles. The maximum atomic E-state index is 12.2. The SMILES string of the molecule is CC(C)CC(Nc1cc2c(c(-c3cnn(C)c3)n1)C(=O)NC2)C(N)=O. The molecule has 3 rings (SSSR count). The second kappa shape index (κ2) is 6.54. The molecule has 1 atom stereocenters. The third-order valence-corrected chi connectivity index (χ3v) is 4.12. The van der Waals surface area contributed by atoms with Gasteiger partial charge in [-0.15, -0.1) is 0 Å². The lowest BCUT2D eigenvalue weighted by molar-refractivity contribution is -0.119. The molecule has 0 saturated heterocycles. The molecule has 0 spiro atoms. The minimum atomic E-state index is -0.516. The standard InChI is InChI=1S/C17H22N6O2/c1-9(2)4-12(16(18)24)21-13-5-10-6-19-17(25)14(10)15(22-13)11-7-20-23(3)8-11/h5,7-9,12H,4,6H2,1-3H3,(H2,18,24)(H,19,25)(H,21,22). The van der Waals surface area contributed by atoms with Crippen LogP contribution in [-0.4, -0.2) is 32.6 Å². The molecular weight excluding hydrogens is 320 g/mol. The van der Waals surface area contributed by atoms with Crippen LogP contribution in [0, 0.1) is 5.92 Å². The van der Waals surface area contributed by atoms with Crippen LogP contribution in [0.4, 0.5) is 5.82 Å². The number of primary amides is 1. The third kappa shape index (κ3) is 3.47. The molecule has 1 unspecified atom stereocenters. The minimum absolute atomic E-state index is 0.151. The number of carbonyl (C=O) groups excluding carboxylic acids is 2. The van der Waals surface area contributed by atoms with E-state index in [1.54, 1.807) is 30.2 Å². The molecule has 0 fully saturated rings. The number of rotatable bonds is 6. The predicted octanol–water partition coefficient (Wildman–Crippen LogP) is 1.04. The van der Waals surface area contributed by atoms with E-state index in [4.69, 9.17) is 5.73 Å². The Labute approximate surface area is 145 Å². The Kier molecular flexibility index (Phi) is 4.43. The number of amides is 2. The lowest BCUT2D eigenvalue weighted by Gasteiger charge is -2.19. The lowest BCUT2D eigenvalue weighted by atomic mass is 10.0. The molecule has 0 aliphatic carbocycles. The zero-order chi connectivity index (χ0) is 18.1. The largest absolute Gasteiger partial charge is 0.368 e. The van der Waals surface area contributed by atoms with Gasteiger partial charge in [-0.2, -0.15) is 5.10 Å². The van der Waals surface area contributed by atoms with Crippen LogP contribution in [0.5, 0.6) is 0 Å². The number of carbonyl (C=O) groups is 2. The van der Waals surface area contributed by atoms with Gasteiger partial charge in [0.15, 0.2) is 0 Å². The van der Waals surface area contributed by atoms with Gasteiger partial charge in [0, 0.05) is 25.4 Å². The van der Waals surface area contributed by atoms with E-state index in [-0.39, 0.29) is 5.91 Å². The number of nitrogens with two attached hydrogens (primary N) is 1. The van der Waals surface area contributed by atoms with Gasteiger partial charge in [-0.25, -0.2) is 4.98 Å². The fraction of sp³-hybridized carbons (Fsp3) is 0.412. The van der Waals surface area contributed by atoms with E-state index in [2.05, 4.69) is 20.7 Å². The number of aromatic nitrogens is 3. The summed E-state index contributed by atoms with van der Waals surface area (Å²) in [7, 11) is 1.80. The number of nitrogens with one attached hydrogen (secondary N) is 2. The number of fused-ring (bicyclic) bond motifs is 1. The van der Waals surface area contributed by atoms with Crippen molar-refractivity contribution in [3.05, 3.63) is 29.6 Å². The van der Waals surface area contributed by atoms with E-state index in [9.17, 15) is 9.59 Å². The van der Waals surface area contributed by atoms with Crippen LogP contribution in [0.2, 0.25) is 0 Å². The van der Waals surface area contributed by atoms with Crippen LogP contribution < -0.4 is 16.4 Å². The van der Waals surface area contributed by atoms with E-state index >= 15 is 0 Å². The second-order valence-corrected chi connectivity index (χ2v) is 6.70. The number of aryl methyl sites for hydroxylation is 1. The van der Waals surface area contributed by atoms with Gasteiger partial charge < -0.3 is 16.4 Å². The molecule has 0 bridgehead atoms. The monoisotopic (exact) mass is 342 g/mol. The zero-order valence-corrected chi connectivity index (χ0v) is 14.5. The summed E-state index contributed by atoms with van der Waals surface area (Å²) in [6.45, 7) is 4.48. The first-order chi connectivity index (χ1) is 11.8. The van der Waals surface area contributed by atoms with Gasteiger partial charge in [-0.3, -0.25) is 14.3 Å². The van der Waals surface area contributed by atoms with Crippen molar-refractivity contribution in [2.24, 2.45) is 18.7 Å². The summed E-state index contributed by atoms with van der Waals surface area (Å²) in [5, 5.41) is 10.1. The van der Waals surface area contributed by atoms with E-state index in [0.717, 1.165) is 11.1 Å². The van der Waals surface area contributed by atoms with Crippen molar-refractivity contribution in [2.45, 2.75) is 32.9 Å². The fourth-order valence-electron chi connectivity index (χ4n) is 2.98. The van der Waals surface area contributed by atoms with Crippen LogP contribution in [-0.2, 0) is 18.4 Å². The van der Waals surface area contributed by atoms with Crippen molar-refractivity contribution in [3.8, 4) is 11.3 Å². The van der Waals surface area contributed by atoms with Crippen LogP contribution in [0.25, 0.3) is 11.3 Å². The Morgan fingerprint density at radius 3 is 2.84 bits per heavy atom. The van der Waals surface area contributed by atoms with Crippen LogP contribution in [0.15, 0.2) is 18.5 Å². The highest BCUT2D eigenvalue weighted by Crippen LogP contribution is 2.30. The molecule has 2 amide bonds.